The van der Waals surface area contributed by atoms with Gasteiger partial charge in [0.25, 0.3) is 0 Å². The fraction of sp³-hybridized carbons (Fsp3) is 0.667. The summed E-state index contributed by atoms with van der Waals surface area (Å²) < 4.78 is 16.6. The van der Waals surface area contributed by atoms with Crippen molar-refractivity contribution in [3.63, 3.8) is 0 Å². The first-order chi connectivity index (χ1) is 17.5. The number of nitrogen functional groups attached to an aromatic ring is 1. The number of aromatic hydroxyl groups is 1. The first kappa shape index (κ1) is 29.4. The lowest BCUT2D eigenvalue weighted by Gasteiger charge is -2.44. The maximum absolute atomic E-state index is 13.0. The number of hydrogen-bond acceptors (Lipinski definition) is 12. The standard InChI is InChI=1S/C24H37N3O9S/c1-12(34-3)17(26-22(32)15-5-4-8-27(15)2)21-19(30)18(29)20(31)24(36-21)37-10-9-35-23(33)14-7-6-13(25)11-16(14)28/h6-7,11-12,15,17-21,24,28-31H,4-5,8-10,25H2,1-3H3,(H,26,32). The van der Waals surface area contributed by atoms with Crippen LogP contribution in [0.3, 0.4) is 0 Å². The molecule has 2 aliphatic rings. The lowest BCUT2D eigenvalue weighted by atomic mass is 9.92. The molecule has 8 atom stereocenters. The van der Waals surface area contributed by atoms with Crippen LogP contribution in [0.1, 0.15) is 30.1 Å². The summed E-state index contributed by atoms with van der Waals surface area (Å²) in [7, 11) is 3.33. The Morgan fingerprint density at radius 1 is 1.27 bits per heavy atom. The maximum Gasteiger partial charge on any atom is 0.341 e. The van der Waals surface area contributed by atoms with Gasteiger partial charge in [-0.2, -0.15) is 0 Å². The number of nitrogens with one attached hydrogen (secondary N) is 1. The fourth-order valence-corrected chi connectivity index (χ4v) is 5.50. The molecule has 0 aliphatic carbocycles. The van der Waals surface area contributed by atoms with Crippen molar-refractivity contribution in [2.75, 3.05) is 38.8 Å². The zero-order valence-corrected chi connectivity index (χ0v) is 22.0. The number of methoxy groups -OCH3 is 1. The molecule has 208 valence electrons. The molecule has 37 heavy (non-hydrogen) atoms. The highest BCUT2D eigenvalue weighted by Gasteiger charge is 2.49. The van der Waals surface area contributed by atoms with E-state index in [0.29, 0.717) is 12.1 Å². The van der Waals surface area contributed by atoms with Gasteiger partial charge in [-0.1, -0.05) is 0 Å². The summed E-state index contributed by atoms with van der Waals surface area (Å²) in [5.41, 5.74) is 4.85. The summed E-state index contributed by atoms with van der Waals surface area (Å²) in [6.07, 6.45) is -4.49. The van der Waals surface area contributed by atoms with Gasteiger partial charge in [-0.3, -0.25) is 9.69 Å². The lowest BCUT2D eigenvalue weighted by molar-refractivity contribution is -0.212. The Bertz CT molecular complexity index is 939. The number of nitrogens with two attached hydrogens (primary N) is 1. The number of esters is 1. The van der Waals surface area contributed by atoms with Gasteiger partial charge in [0.2, 0.25) is 5.91 Å². The highest BCUT2D eigenvalue weighted by molar-refractivity contribution is 7.99. The molecular formula is C24H37N3O9S. The van der Waals surface area contributed by atoms with Crippen LogP contribution >= 0.6 is 11.8 Å². The third kappa shape index (κ3) is 7.05. The van der Waals surface area contributed by atoms with Crippen molar-refractivity contribution in [3.8, 4) is 5.75 Å². The largest absolute Gasteiger partial charge is 0.507 e. The second kappa shape index (κ2) is 13.1. The summed E-state index contributed by atoms with van der Waals surface area (Å²) in [6, 6.07) is 2.93. The van der Waals surface area contributed by atoms with Gasteiger partial charge in [0.1, 0.15) is 47.8 Å². The van der Waals surface area contributed by atoms with Crippen LogP contribution in [0, 0.1) is 0 Å². The molecule has 0 aromatic heterocycles. The minimum absolute atomic E-state index is 0.0354. The number of rotatable bonds is 10. The van der Waals surface area contributed by atoms with Gasteiger partial charge in [0.05, 0.1) is 18.2 Å². The molecule has 2 heterocycles. The van der Waals surface area contributed by atoms with Gasteiger partial charge in [0.15, 0.2) is 0 Å². The highest BCUT2D eigenvalue weighted by Crippen LogP contribution is 2.31. The molecule has 0 saturated carbocycles. The number of carbonyl (C=O) groups excluding carboxylic acids is 2. The number of likely N-dealkylation sites (N-methyl/N-ethyl adjacent to an activating group) is 1. The maximum atomic E-state index is 13.0. The third-order valence-corrected chi connectivity index (χ3v) is 7.93. The predicted molar refractivity (Wildman–Crippen MR) is 136 cm³/mol. The normalized spacial score (nSPS) is 30.0. The topological polar surface area (TPSA) is 184 Å². The predicted octanol–water partition coefficient (Wildman–Crippen LogP) is -0.714. The smallest absolute Gasteiger partial charge is 0.341 e. The van der Waals surface area contributed by atoms with E-state index < -0.39 is 48.0 Å². The zero-order chi connectivity index (χ0) is 27.3. The van der Waals surface area contributed by atoms with Crippen LogP contribution < -0.4 is 11.1 Å². The molecule has 0 bridgehead atoms. The Morgan fingerprint density at radius 2 is 2.00 bits per heavy atom. The van der Waals surface area contributed by atoms with Crippen molar-refractivity contribution in [1.82, 2.24) is 10.2 Å². The highest BCUT2D eigenvalue weighted by atomic mass is 32.2. The molecule has 1 amide bonds. The Hall–Kier alpha value is -2.13. The van der Waals surface area contributed by atoms with Crippen LogP contribution in [0.2, 0.25) is 0 Å². The molecule has 13 heteroatoms. The van der Waals surface area contributed by atoms with Crippen molar-refractivity contribution in [2.45, 2.75) is 67.8 Å². The van der Waals surface area contributed by atoms with E-state index in [1.54, 1.807) is 6.92 Å². The van der Waals surface area contributed by atoms with Gasteiger partial charge >= 0.3 is 5.97 Å². The molecule has 12 nitrogen and oxygen atoms in total. The molecule has 3 rings (SSSR count). The van der Waals surface area contributed by atoms with E-state index in [-0.39, 0.29) is 35.6 Å². The van der Waals surface area contributed by atoms with E-state index in [1.807, 2.05) is 11.9 Å². The molecule has 0 spiro atoms. The molecule has 1 aromatic rings. The number of aliphatic hydroxyl groups is 3. The van der Waals surface area contributed by atoms with Crippen LogP contribution in [-0.2, 0) is 19.0 Å². The van der Waals surface area contributed by atoms with Gasteiger partial charge in [-0.05, 0) is 45.5 Å². The van der Waals surface area contributed by atoms with Crippen LogP contribution in [0.25, 0.3) is 0 Å². The van der Waals surface area contributed by atoms with E-state index >= 15 is 0 Å². The van der Waals surface area contributed by atoms with Gasteiger partial charge in [-0.15, -0.1) is 11.8 Å². The number of amides is 1. The fourth-order valence-electron chi connectivity index (χ4n) is 4.52. The number of nitrogens with zero attached hydrogens (tertiary/aromatic N) is 1. The number of phenols is 1. The van der Waals surface area contributed by atoms with E-state index in [0.717, 1.165) is 24.7 Å². The van der Waals surface area contributed by atoms with E-state index in [1.165, 1.54) is 25.3 Å². The second-order valence-electron chi connectivity index (χ2n) is 9.34. The average molecular weight is 544 g/mol. The van der Waals surface area contributed by atoms with Crippen molar-refractivity contribution in [3.05, 3.63) is 23.8 Å². The second-order valence-corrected chi connectivity index (χ2v) is 10.5. The summed E-state index contributed by atoms with van der Waals surface area (Å²) in [5, 5.41) is 44.6. The number of likely N-dealkylation sites (tertiary alicyclic amines) is 1. The van der Waals surface area contributed by atoms with E-state index in [9.17, 15) is 30.0 Å². The number of thioether (sulfide) groups is 1. The number of carbonyl (C=O) groups is 2. The Morgan fingerprint density at radius 3 is 2.62 bits per heavy atom. The van der Waals surface area contributed by atoms with Crippen molar-refractivity contribution >= 4 is 29.3 Å². The van der Waals surface area contributed by atoms with Gasteiger partial charge in [0, 0.05) is 24.6 Å². The number of phenolic OH excluding ortho intramolecular Hbond substituents is 1. The van der Waals surface area contributed by atoms with Gasteiger partial charge in [-0.25, -0.2) is 4.79 Å². The number of aliphatic hydroxyl groups excluding tert-OH is 3. The minimum atomic E-state index is -1.54. The first-order valence-electron chi connectivity index (χ1n) is 12.2. The van der Waals surface area contributed by atoms with Crippen LogP contribution in [0.4, 0.5) is 5.69 Å². The summed E-state index contributed by atoms with van der Waals surface area (Å²) >= 11 is 1.08. The van der Waals surface area contributed by atoms with E-state index in [4.69, 9.17) is 19.9 Å². The molecule has 2 aliphatic heterocycles. The number of benzene rings is 1. The summed E-state index contributed by atoms with van der Waals surface area (Å²) in [6.45, 7) is 2.44. The number of hydrogen-bond donors (Lipinski definition) is 6. The SMILES string of the molecule is COC(C)C(NC(=O)C1CCCN1C)C1OC(SCCOC(=O)c2ccc(N)cc2O)C(O)C(O)C1O. The van der Waals surface area contributed by atoms with Gasteiger partial charge < -0.3 is 45.7 Å². The Labute approximate surface area is 220 Å². The molecule has 8 unspecified atom stereocenters. The zero-order valence-electron chi connectivity index (χ0n) is 21.1. The van der Waals surface area contributed by atoms with Crippen molar-refractivity contribution < 1.29 is 44.2 Å². The number of ether oxygens (including phenoxy) is 3. The molecular weight excluding hydrogens is 506 g/mol. The lowest BCUT2D eigenvalue weighted by Crippen LogP contribution is -2.66. The monoisotopic (exact) mass is 543 g/mol. The summed E-state index contributed by atoms with van der Waals surface area (Å²) in [5.74, 6) is -1.09. The molecule has 7 N–H and O–H groups in total. The quantitative estimate of drug-likeness (QED) is 0.124. The minimum Gasteiger partial charge on any atom is -0.507 e. The first-order valence-corrected chi connectivity index (χ1v) is 13.2. The van der Waals surface area contributed by atoms with Crippen LogP contribution in [0.15, 0.2) is 18.2 Å². The van der Waals surface area contributed by atoms with Crippen LogP contribution in [-0.4, -0.2) is 118 Å². The molecule has 2 fully saturated rings. The molecule has 1 aromatic carbocycles. The Balaban J connectivity index is 1.62. The average Bonchev–Trinajstić information content (AvgIpc) is 3.30. The van der Waals surface area contributed by atoms with E-state index in [2.05, 4.69) is 5.32 Å². The van der Waals surface area contributed by atoms with Crippen LogP contribution in [0.5, 0.6) is 5.75 Å². The molecule has 2 saturated heterocycles. The molecule has 0 radical (unpaired) electrons. The third-order valence-electron chi connectivity index (χ3n) is 6.81. The summed E-state index contributed by atoms with van der Waals surface area (Å²) in [4.78, 5) is 27.1. The Kier molecular flexibility index (Phi) is 10.4. The number of anilines is 1. The van der Waals surface area contributed by atoms with Crippen molar-refractivity contribution in [1.29, 1.82) is 0 Å². The van der Waals surface area contributed by atoms with Crippen molar-refractivity contribution in [2.24, 2.45) is 0 Å².